The fraction of sp³-hybridized carbons (Fsp3) is 0.333. The number of hydrogen-bond acceptors (Lipinski definition) is 4. The quantitative estimate of drug-likeness (QED) is 0.842. The molecular formula is C12H15N3O2S. The smallest absolute Gasteiger partial charge is 0.318 e. The molecule has 3 amide bonds. The number of hydrogen-bond donors (Lipinski definition) is 2. The normalized spacial score (nSPS) is 14.6. The van der Waals surface area contributed by atoms with Crippen molar-refractivity contribution in [3.05, 3.63) is 24.3 Å². The molecule has 96 valence electrons. The van der Waals surface area contributed by atoms with Crippen LogP contribution in [-0.4, -0.2) is 30.8 Å². The molecule has 1 aliphatic heterocycles. The number of nitrogens with one attached hydrogen (secondary N) is 1. The first-order chi connectivity index (χ1) is 8.66. The van der Waals surface area contributed by atoms with Crippen molar-refractivity contribution >= 4 is 29.4 Å². The van der Waals surface area contributed by atoms with Gasteiger partial charge in [0.25, 0.3) is 0 Å². The number of nitrogens with zero attached hydrogens (tertiary/aromatic N) is 1. The monoisotopic (exact) mass is 265 g/mol. The zero-order valence-electron chi connectivity index (χ0n) is 9.89. The molecule has 0 aliphatic carbocycles. The number of urea groups is 1. The van der Waals surface area contributed by atoms with E-state index in [0.717, 1.165) is 24.4 Å². The first kappa shape index (κ1) is 12.8. The van der Waals surface area contributed by atoms with Crippen LogP contribution in [0, 0.1) is 0 Å². The molecule has 6 heteroatoms. The summed E-state index contributed by atoms with van der Waals surface area (Å²) in [7, 11) is 0. The van der Waals surface area contributed by atoms with Crippen LogP contribution in [0.15, 0.2) is 29.2 Å². The molecule has 0 atom stereocenters. The predicted molar refractivity (Wildman–Crippen MR) is 71.7 cm³/mol. The number of amides is 3. The highest BCUT2D eigenvalue weighted by Crippen LogP contribution is 2.33. The minimum atomic E-state index is -0.808. The maximum atomic E-state index is 11.6. The number of rotatable bonds is 2. The van der Waals surface area contributed by atoms with Crippen molar-refractivity contribution in [3.63, 3.8) is 0 Å². The second kappa shape index (κ2) is 5.77. The molecule has 1 aliphatic rings. The lowest BCUT2D eigenvalue weighted by Gasteiger charge is -2.23. The van der Waals surface area contributed by atoms with Crippen LogP contribution in [0.3, 0.4) is 0 Å². The minimum absolute atomic E-state index is 0.153. The molecule has 0 radical (unpaired) electrons. The van der Waals surface area contributed by atoms with E-state index in [2.05, 4.69) is 5.32 Å². The van der Waals surface area contributed by atoms with Crippen molar-refractivity contribution in [1.29, 1.82) is 0 Å². The van der Waals surface area contributed by atoms with Gasteiger partial charge in [-0.2, -0.15) is 0 Å². The van der Waals surface area contributed by atoms with Crippen LogP contribution in [0.25, 0.3) is 0 Å². The molecule has 0 spiro atoms. The molecule has 0 unspecified atom stereocenters. The second-order valence-corrected chi connectivity index (χ2v) is 5.14. The topological polar surface area (TPSA) is 75.4 Å². The lowest BCUT2D eigenvalue weighted by Crippen LogP contribution is -2.42. The third-order valence-corrected chi connectivity index (χ3v) is 3.78. The maximum Gasteiger partial charge on any atom is 0.318 e. The summed E-state index contributed by atoms with van der Waals surface area (Å²) in [5.74, 6) is 0.662. The molecule has 0 fully saturated rings. The van der Waals surface area contributed by atoms with Gasteiger partial charge in [-0.3, -0.25) is 10.1 Å². The summed E-state index contributed by atoms with van der Waals surface area (Å²) in [5, 5.41) is 2.09. The molecule has 0 bridgehead atoms. The molecule has 2 rings (SSSR count). The zero-order valence-corrected chi connectivity index (χ0v) is 10.7. The van der Waals surface area contributed by atoms with Gasteiger partial charge >= 0.3 is 6.03 Å². The number of anilines is 1. The van der Waals surface area contributed by atoms with Crippen LogP contribution in [0.5, 0.6) is 0 Å². The van der Waals surface area contributed by atoms with E-state index in [9.17, 15) is 9.59 Å². The number of para-hydroxylation sites is 1. The van der Waals surface area contributed by atoms with Crippen molar-refractivity contribution < 1.29 is 9.59 Å². The molecule has 1 aromatic carbocycles. The average molecular weight is 265 g/mol. The van der Waals surface area contributed by atoms with Gasteiger partial charge in [0.15, 0.2) is 0 Å². The summed E-state index contributed by atoms with van der Waals surface area (Å²) < 4.78 is 0. The highest BCUT2D eigenvalue weighted by molar-refractivity contribution is 7.99. The Hall–Kier alpha value is -1.69. The Balaban J connectivity index is 2.13. The lowest BCUT2D eigenvalue weighted by molar-refractivity contribution is -0.118. The number of nitrogens with two attached hydrogens (primary N) is 1. The van der Waals surface area contributed by atoms with Crippen molar-refractivity contribution in [2.24, 2.45) is 5.73 Å². The minimum Gasteiger partial charge on any atom is -0.361 e. The third-order valence-electron chi connectivity index (χ3n) is 2.63. The summed E-state index contributed by atoms with van der Waals surface area (Å²) >= 11 is 1.79. The van der Waals surface area contributed by atoms with E-state index in [-0.39, 0.29) is 12.5 Å². The van der Waals surface area contributed by atoms with E-state index in [1.807, 2.05) is 29.2 Å². The Morgan fingerprint density at radius 1 is 1.39 bits per heavy atom. The van der Waals surface area contributed by atoms with Gasteiger partial charge in [-0.05, 0) is 24.3 Å². The standard InChI is InChI=1S/C12H15N3O2S/c13-12(17)14-11(16)8-15-6-3-7-18-10-5-2-1-4-9(10)15/h1-2,4-5H,3,6-8H2,(H3,13,14,16,17). The number of benzene rings is 1. The molecule has 1 aromatic rings. The van der Waals surface area contributed by atoms with Gasteiger partial charge in [0.1, 0.15) is 0 Å². The first-order valence-corrected chi connectivity index (χ1v) is 6.71. The molecular weight excluding hydrogens is 250 g/mol. The van der Waals surface area contributed by atoms with Crippen LogP contribution >= 0.6 is 11.8 Å². The van der Waals surface area contributed by atoms with Gasteiger partial charge < -0.3 is 10.6 Å². The SMILES string of the molecule is NC(=O)NC(=O)CN1CCCSc2ccccc21. The Bertz CT molecular complexity index is 464. The molecule has 5 nitrogen and oxygen atoms in total. The van der Waals surface area contributed by atoms with Gasteiger partial charge in [0.05, 0.1) is 12.2 Å². The molecule has 1 heterocycles. The van der Waals surface area contributed by atoms with Gasteiger partial charge in [-0.1, -0.05) is 12.1 Å². The summed E-state index contributed by atoms with van der Waals surface area (Å²) in [6, 6.07) is 7.16. The number of carbonyl (C=O) groups is 2. The summed E-state index contributed by atoms with van der Waals surface area (Å²) in [6.45, 7) is 0.955. The van der Waals surface area contributed by atoms with Crippen molar-refractivity contribution in [2.75, 3.05) is 23.7 Å². The van der Waals surface area contributed by atoms with Crippen LogP contribution in [-0.2, 0) is 4.79 Å². The fourth-order valence-electron chi connectivity index (χ4n) is 1.91. The Labute approximate surface area is 110 Å². The highest BCUT2D eigenvalue weighted by atomic mass is 32.2. The Morgan fingerprint density at radius 3 is 2.94 bits per heavy atom. The average Bonchev–Trinajstić information content (AvgIpc) is 2.51. The van der Waals surface area contributed by atoms with E-state index in [1.165, 1.54) is 4.90 Å². The van der Waals surface area contributed by atoms with Gasteiger partial charge in [-0.25, -0.2) is 4.79 Å². The second-order valence-electron chi connectivity index (χ2n) is 4.00. The van der Waals surface area contributed by atoms with Crippen LogP contribution in [0.2, 0.25) is 0 Å². The van der Waals surface area contributed by atoms with Crippen molar-refractivity contribution in [1.82, 2.24) is 5.32 Å². The molecule has 3 N–H and O–H groups in total. The van der Waals surface area contributed by atoms with Crippen molar-refractivity contribution in [3.8, 4) is 0 Å². The predicted octanol–water partition coefficient (Wildman–Crippen LogP) is 1.18. The van der Waals surface area contributed by atoms with Crippen LogP contribution in [0.4, 0.5) is 10.5 Å². The van der Waals surface area contributed by atoms with E-state index < -0.39 is 6.03 Å². The first-order valence-electron chi connectivity index (χ1n) is 5.73. The van der Waals surface area contributed by atoms with Gasteiger partial charge in [-0.15, -0.1) is 11.8 Å². The van der Waals surface area contributed by atoms with E-state index in [4.69, 9.17) is 5.73 Å². The molecule has 0 saturated carbocycles. The number of imide groups is 1. The van der Waals surface area contributed by atoms with E-state index >= 15 is 0 Å². The van der Waals surface area contributed by atoms with E-state index in [0.29, 0.717) is 0 Å². The van der Waals surface area contributed by atoms with Crippen LogP contribution < -0.4 is 16.0 Å². The number of thioether (sulfide) groups is 1. The number of fused-ring (bicyclic) bond motifs is 1. The lowest BCUT2D eigenvalue weighted by atomic mass is 10.2. The molecule has 0 aromatic heterocycles. The largest absolute Gasteiger partial charge is 0.361 e. The Kier molecular flexibility index (Phi) is 4.09. The Morgan fingerprint density at radius 2 is 2.17 bits per heavy atom. The van der Waals surface area contributed by atoms with Crippen molar-refractivity contribution in [2.45, 2.75) is 11.3 Å². The summed E-state index contributed by atoms with van der Waals surface area (Å²) in [6.07, 6.45) is 1.00. The van der Waals surface area contributed by atoms with E-state index in [1.54, 1.807) is 11.8 Å². The number of carbonyl (C=O) groups excluding carboxylic acids is 2. The maximum absolute atomic E-state index is 11.6. The highest BCUT2D eigenvalue weighted by Gasteiger charge is 2.18. The van der Waals surface area contributed by atoms with Crippen LogP contribution in [0.1, 0.15) is 6.42 Å². The molecule has 0 saturated heterocycles. The fourth-order valence-corrected chi connectivity index (χ4v) is 2.93. The summed E-state index contributed by atoms with van der Waals surface area (Å²) in [4.78, 5) is 25.4. The zero-order chi connectivity index (χ0) is 13.0. The third kappa shape index (κ3) is 3.16. The van der Waals surface area contributed by atoms with Gasteiger partial charge in [0, 0.05) is 11.4 Å². The molecule has 18 heavy (non-hydrogen) atoms. The summed E-state index contributed by atoms with van der Waals surface area (Å²) in [5.41, 5.74) is 5.97. The number of primary amides is 1. The van der Waals surface area contributed by atoms with Gasteiger partial charge in [0.2, 0.25) is 5.91 Å².